The first-order valence-corrected chi connectivity index (χ1v) is 6.95. The second kappa shape index (κ2) is 4.79. The highest BCUT2D eigenvalue weighted by atomic mass is 16.7. The lowest BCUT2D eigenvalue weighted by molar-refractivity contribution is -0.189. The molecule has 5 heteroatoms. The highest BCUT2D eigenvalue weighted by Gasteiger charge is 2.44. The summed E-state index contributed by atoms with van der Waals surface area (Å²) in [5, 5.41) is 0. The molecule has 0 aromatic rings. The Bertz CT molecular complexity index is 327. The molecule has 0 aromatic carbocycles. The molecule has 1 spiro atoms. The molecule has 2 heterocycles. The maximum Gasteiger partial charge on any atom is 0.323 e. The fourth-order valence-electron chi connectivity index (χ4n) is 3.20. The minimum Gasteiger partial charge on any atom is -0.461 e. The Hall–Kier alpha value is -0.650. The number of hydrogen-bond acceptors (Lipinski definition) is 5. The normalized spacial score (nSPS) is 39.2. The van der Waals surface area contributed by atoms with Crippen molar-refractivity contribution in [1.29, 1.82) is 0 Å². The van der Waals surface area contributed by atoms with Gasteiger partial charge in [0.15, 0.2) is 5.79 Å². The van der Waals surface area contributed by atoms with Gasteiger partial charge in [0.1, 0.15) is 12.1 Å². The van der Waals surface area contributed by atoms with E-state index >= 15 is 0 Å². The van der Waals surface area contributed by atoms with Crippen LogP contribution in [-0.2, 0) is 19.0 Å². The number of esters is 1. The van der Waals surface area contributed by atoms with E-state index in [1.54, 1.807) is 0 Å². The van der Waals surface area contributed by atoms with Crippen molar-refractivity contribution in [1.82, 2.24) is 0 Å². The van der Waals surface area contributed by atoms with Gasteiger partial charge in [-0.3, -0.25) is 4.79 Å². The average molecular weight is 255 g/mol. The van der Waals surface area contributed by atoms with Crippen LogP contribution >= 0.6 is 0 Å². The van der Waals surface area contributed by atoms with E-state index in [1.165, 1.54) is 19.3 Å². The van der Waals surface area contributed by atoms with Crippen LogP contribution in [0.3, 0.4) is 0 Å². The first-order chi connectivity index (χ1) is 8.67. The van der Waals surface area contributed by atoms with E-state index in [-0.39, 0.29) is 24.0 Å². The third-order valence-corrected chi connectivity index (χ3v) is 4.16. The standard InChI is InChI=1S/C13H21NO4/c14-11-7-9(17-12(11)15)6-10-8-16-13(18-10)4-2-1-3-5-13/h9-11H,1-8,14H2/t9-,10-,11+/m0/s1. The molecule has 2 aliphatic heterocycles. The van der Waals surface area contributed by atoms with Crippen LogP contribution in [0.2, 0.25) is 0 Å². The third kappa shape index (κ3) is 2.39. The number of cyclic esters (lactones) is 1. The predicted molar refractivity (Wildman–Crippen MR) is 63.7 cm³/mol. The van der Waals surface area contributed by atoms with Gasteiger partial charge in [0.25, 0.3) is 0 Å². The Labute approximate surface area is 107 Å². The van der Waals surface area contributed by atoms with Gasteiger partial charge in [0.2, 0.25) is 0 Å². The maximum absolute atomic E-state index is 11.2. The molecule has 0 aromatic heterocycles. The molecule has 3 atom stereocenters. The van der Waals surface area contributed by atoms with Crippen LogP contribution < -0.4 is 5.73 Å². The molecule has 3 aliphatic rings. The van der Waals surface area contributed by atoms with Crippen LogP contribution in [0.4, 0.5) is 0 Å². The Balaban J connectivity index is 1.52. The molecule has 0 bridgehead atoms. The molecular formula is C13H21NO4. The first kappa shape index (κ1) is 12.4. The molecule has 0 radical (unpaired) electrons. The Kier molecular flexibility index (Phi) is 3.30. The van der Waals surface area contributed by atoms with Crippen LogP contribution in [0.1, 0.15) is 44.9 Å². The summed E-state index contributed by atoms with van der Waals surface area (Å²) in [6.45, 7) is 0.614. The summed E-state index contributed by atoms with van der Waals surface area (Å²) < 4.78 is 17.1. The van der Waals surface area contributed by atoms with Gasteiger partial charge in [-0.2, -0.15) is 0 Å². The molecule has 1 saturated carbocycles. The zero-order valence-electron chi connectivity index (χ0n) is 10.6. The van der Waals surface area contributed by atoms with E-state index in [4.69, 9.17) is 19.9 Å². The molecule has 18 heavy (non-hydrogen) atoms. The molecule has 102 valence electrons. The van der Waals surface area contributed by atoms with Crippen LogP contribution in [0.25, 0.3) is 0 Å². The number of carbonyl (C=O) groups excluding carboxylic acids is 1. The summed E-state index contributed by atoms with van der Waals surface area (Å²) >= 11 is 0. The van der Waals surface area contributed by atoms with Gasteiger partial charge in [0, 0.05) is 25.7 Å². The zero-order chi connectivity index (χ0) is 12.6. The second-order valence-corrected chi connectivity index (χ2v) is 5.66. The quantitative estimate of drug-likeness (QED) is 0.748. The minimum absolute atomic E-state index is 0.0474. The number of carbonyl (C=O) groups is 1. The smallest absolute Gasteiger partial charge is 0.323 e. The monoisotopic (exact) mass is 255 g/mol. The molecule has 0 unspecified atom stereocenters. The number of hydrogen-bond donors (Lipinski definition) is 1. The maximum atomic E-state index is 11.2. The summed E-state index contributed by atoms with van der Waals surface area (Å²) in [5.41, 5.74) is 5.63. The Morgan fingerprint density at radius 1 is 1.22 bits per heavy atom. The predicted octanol–water partition coefficient (Wildman–Crippen LogP) is 1.10. The van der Waals surface area contributed by atoms with Gasteiger partial charge < -0.3 is 19.9 Å². The molecule has 2 saturated heterocycles. The molecule has 3 fully saturated rings. The van der Waals surface area contributed by atoms with Crippen molar-refractivity contribution in [2.24, 2.45) is 5.73 Å². The first-order valence-electron chi connectivity index (χ1n) is 6.95. The highest BCUT2D eigenvalue weighted by Crippen LogP contribution is 2.39. The van der Waals surface area contributed by atoms with Crippen LogP contribution in [0.15, 0.2) is 0 Å². The summed E-state index contributed by atoms with van der Waals surface area (Å²) in [6.07, 6.45) is 6.87. The van der Waals surface area contributed by atoms with Gasteiger partial charge in [-0.05, 0) is 12.8 Å². The largest absolute Gasteiger partial charge is 0.461 e. The van der Waals surface area contributed by atoms with Crippen molar-refractivity contribution < 1.29 is 19.0 Å². The van der Waals surface area contributed by atoms with Gasteiger partial charge in [-0.25, -0.2) is 0 Å². The SMILES string of the molecule is N[C@@H]1C[C@H](C[C@H]2COC3(CCCCC3)O2)OC1=O. The Morgan fingerprint density at radius 2 is 2.00 bits per heavy atom. The van der Waals surface area contributed by atoms with Crippen molar-refractivity contribution >= 4 is 5.97 Å². The zero-order valence-corrected chi connectivity index (χ0v) is 10.6. The van der Waals surface area contributed by atoms with Crippen molar-refractivity contribution in [3.63, 3.8) is 0 Å². The van der Waals surface area contributed by atoms with Crippen molar-refractivity contribution in [2.45, 2.75) is 69.0 Å². The summed E-state index contributed by atoms with van der Waals surface area (Å²) in [6, 6.07) is -0.457. The third-order valence-electron chi connectivity index (χ3n) is 4.16. The van der Waals surface area contributed by atoms with Crippen molar-refractivity contribution in [3.8, 4) is 0 Å². The molecular weight excluding hydrogens is 234 g/mol. The number of ether oxygens (including phenoxy) is 3. The average Bonchev–Trinajstić information content (AvgIpc) is 2.86. The van der Waals surface area contributed by atoms with E-state index in [1.807, 2.05) is 0 Å². The van der Waals surface area contributed by atoms with Gasteiger partial charge in [-0.15, -0.1) is 0 Å². The van der Waals surface area contributed by atoms with E-state index in [0.717, 1.165) is 12.8 Å². The summed E-state index contributed by atoms with van der Waals surface area (Å²) in [4.78, 5) is 11.2. The summed E-state index contributed by atoms with van der Waals surface area (Å²) in [7, 11) is 0. The van der Waals surface area contributed by atoms with Gasteiger partial charge in [0.05, 0.1) is 12.7 Å². The topological polar surface area (TPSA) is 70.8 Å². The van der Waals surface area contributed by atoms with E-state index in [0.29, 0.717) is 19.4 Å². The van der Waals surface area contributed by atoms with Gasteiger partial charge in [-0.1, -0.05) is 6.42 Å². The van der Waals surface area contributed by atoms with Crippen LogP contribution in [0.5, 0.6) is 0 Å². The fourth-order valence-corrected chi connectivity index (χ4v) is 3.20. The molecule has 1 aliphatic carbocycles. The van der Waals surface area contributed by atoms with Crippen LogP contribution in [-0.4, -0.2) is 36.6 Å². The lowest BCUT2D eigenvalue weighted by Gasteiger charge is -2.31. The Morgan fingerprint density at radius 3 is 2.67 bits per heavy atom. The van der Waals surface area contributed by atoms with Gasteiger partial charge >= 0.3 is 5.97 Å². The van der Waals surface area contributed by atoms with Crippen LogP contribution in [0, 0.1) is 0 Å². The highest BCUT2D eigenvalue weighted by molar-refractivity contribution is 5.77. The summed E-state index contributed by atoms with van der Waals surface area (Å²) in [5.74, 6) is -0.625. The van der Waals surface area contributed by atoms with E-state index in [9.17, 15) is 4.79 Å². The molecule has 2 N–H and O–H groups in total. The molecule has 3 rings (SSSR count). The number of rotatable bonds is 2. The van der Waals surface area contributed by atoms with E-state index in [2.05, 4.69) is 0 Å². The fraction of sp³-hybridized carbons (Fsp3) is 0.923. The molecule has 5 nitrogen and oxygen atoms in total. The minimum atomic E-state index is -0.457. The van der Waals surface area contributed by atoms with Crippen molar-refractivity contribution in [3.05, 3.63) is 0 Å². The lowest BCUT2D eigenvalue weighted by Crippen LogP contribution is -2.33. The second-order valence-electron chi connectivity index (χ2n) is 5.66. The number of nitrogens with two attached hydrogens (primary N) is 1. The molecule has 0 amide bonds. The lowest BCUT2D eigenvalue weighted by atomic mass is 9.94. The van der Waals surface area contributed by atoms with Crippen molar-refractivity contribution in [2.75, 3.05) is 6.61 Å². The van der Waals surface area contributed by atoms with E-state index < -0.39 is 6.04 Å².